The van der Waals surface area contributed by atoms with E-state index in [2.05, 4.69) is 34.9 Å². The molecule has 0 bridgehead atoms. The monoisotopic (exact) mass is 287 g/mol. The number of rotatable bonds is 5. The van der Waals surface area contributed by atoms with Crippen LogP contribution in [-0.2, 0) is 6.42 Å². The molecular weight excluding hydrogens is 258 g/mol. The van der Waals surface area contributed by atoms with Gasteiger partial charge in [0.1, 0.15) is 0 Å². The van der Waals surface area contributed by atoms with Gasteiger partial charge in [0, 0.05) is 24.8 Å². The number of hydrogen-bond donors (Lipinski definition) is 1. The van der Waals surface area contributed by atoms with Crippen molar-refractivity contribution in [3.8, 4) is 0 Å². The number of anilines is 1. The third kappa shape index (κ3) is 3.58. The number of benzene rings is 1. The Bertz CT molecular complexity index is 464. The van der Waals surface area contributed by atoms with Crippen molar-refractivity contribution in [2.45, 2.75) is 45.1 Å². The van der Waals surface area contributed by atoms with E-state index in [1.165, 1.54) is 81.6 Å². The Morgan fingerprint density at radius 2 is 1.90 bits per heavy atom. The molecule has 3 heteroatoms. The molecule has 2 aliphatic rings. The molecule has 2 N–H and O–H groups in total. The van der Waals surface area contributed by atoms with Gasteiger partial charge in [-0.1, -0.05) is 12.1 Å². The summed E-state index contributed by atoms with van der Waals surface area (Å²) in [6.45, 7) is 8.37. The van der Waals surface area contributed by atoms with Crippen LogP contribution in [0.1, 0.15) is 49.8 Å². The minimum absolute atomic E-state index is 0.140. The highest BCUT2D eigenvalue weighted by Gasteiger charge is 2.18. The largest absolute Gasteiger partial charge is 0.371 e. The summed E-state index contributed by atoms with van der Waals surface area (Å²) < 4.78 is 0. The first-order valence-electron chi connectivity index (χ1n) is 8.60. The van der Waals surface area contributed by atoms with Crippen LogP contribution in [0.5, 0.6) is 0 Å². The lowest BCUT2D eigenvalue weighted by atomic mass is 9.97. The molecule has 0 saturated carbocycles. The summed E-state index contributed by atoms with van der Waals surface area (Å²) in [4.78, 5) is 5.20. The first kappa shape index (κ1) is 14.9. The van der Waals surface area contributed by atoms with Crippen molar-refractivity contribution in [3.63, 3.8) is 0 Å². The molecule has 0 aromatic heterocycles. The lowest BCUT2D eigenvalue weighted by Crippen LogP contribution is -2.32. The fourth-order valence-electron chi connectivity index (χ4n) is 3.70. The Morgan fingerprint density at radius 3 is 2.67 bits per heavy atom. The van der Waals surface area contributed by atoms with Gasteiger partial charge in [-0.15, -0.1) is 0 Å². The van der Waals surface area contributed by atoms with Crippen molar-refractivity contribution in [2.24, 2.45) is 5.73 Å². The van der Waals surface area contributed by atoms with E-state index in [9.17, 15) is 0 Å². The van der Waals surface area contributed by atoms with E-state index in [1.54, 1.807) is 0 Å². The molecule has 1 aromatic rings. The van der Waals surface area contributed by atoms with E-state index in [1.807, 2.05) is 0 Å². The SMILES string of the molecule is CC(N)c1ccc2c(c1)CCCN2CCCN1CCCC1. The van der Waals surface area contributed by atoms with E-state index in [0.717, 1.165) is 0 Å². The zero-order valence-corrected chi connectivity index (χ0v) is 13.4. The van der Waals surface area contributed by atoms with Gasteiger partial charge in [0.25, 0.3) is 0 Å². The average molecular weight is 287 g/mol. The fourth-order valence-corrected chi connectivity index (χ4v) is 3.70. The molecule has 2 heterocycles. The van der Waals surface area contributed by atoms with Crippen LogP contribution in [0.2, 0.25) is 0 Å². The van der Waals surface area contributed by atoms with Gasteiger partial charge in [-0.25, -0.2) is 0 Å². The lowest BCUT2D eigenvalue weighted by molar-refractivity contribution is 0.334. The van der Waals surface area contributed by atoms with Gasteiger partial charge in [-0.3, -0.25) is 0 Å². The molecule has 2 aliphatic heterocycles. The van der Waals surface area contributed by atoms with Gasteiger partial charge < -0.3 is 15.5 Å². The zero-order chi connectivity index (χ0) is 14.7. The molecular formula is C18H29N3. The first-order chi connectivity index (χ1) is 10.2. The maximum Gasteiger partial charge on any atom is 0.0398 e. The quantitative estimate of drug-likeness (QED) is 0.904. The molecule has 3 nitrogen and oxygen atoms in total. The zero-order valence-electron chi connectivity index (χ0n) is 13.4. The summed E-state index contributed by atoms with van der Waals surface area (Å²) in [5, 5.41) is 0. The van der Waals surface area contributed by atoms with Gasteiger partial charge >= 0.3 is 0 Å². The topological polar surface area (TPSA) is 32.5 Å². The minimum Gasteiger partial charge on any atom is -0.371 e. The second kappa shape index (κ2) is 6.80. The Morgan fingerprint density at radius 1 is 1.10 bits per heavy atom. The summed E-state index contributed by atoms with van der Waals surface area (Å²) >= 11 is 0. The van der Waals surface area contributed by atoms with Gasteiger partial charge in [-0.2, -0.15) is 0 Å². The van der Waals surface area contributed by atoms with Crippen molar-refractivity contribution in [2.75, 3.05) is 37.6 Å². The lowest BCUT2D eigenvalue weighted by Gasteiger charge is -2.32. The van der Waals surface area contributed by atoms with Crippen LogP contribution in [0.3, 0.4) is 0 Å². The van der Waals surface area contributed by atoms with Gasteiger partial charge in [-0.05, 0) is 75.9 Å². The number of likely N-dealkylation sites (tertiary alicyclic amines) is 1. The molecule has 1 atom stereocenters. The molecule has 1 unspecified atom stereocenters. The summed E-state index contributed by atoms with van der Waals surface area (Å²) in [6, 6.07) is 6.97. The van der Waals surface area contributed by atoms with E-state index in [4.69, 9.17) is 5.73 Å². The molecule has 0 spiro atoms. The molecule has 21 heavy (non-hydrogen) atoms. The highest BCUT2D eigenvalue weighted by molar-refractivity contribution is 5.57. The predicted molar refractivity (Wildman–Crippen MR) is 89.9 cm³/mol. The van der Waals surface area contributed by atoms with Crippen LogP contribution in [0.4, 0.5) is 5.69 Å². The summed E-state index contributed by atoms with van der Waals surface area (Å²) in [5.41, 5.74) is 10.2. The van der Waals surface area contributed by atoms with Crippen molar-refractivity contribution in [3.05, 3.63) is 29.3 Å². The number of aryl methyl sites for hydroxylation is 1. The van der Waals surface area contributed by atoms with E-state index in [0.29, 0.717) is 0 Å². The van der Waals surface area contributed by atoms with Crippen LogP contribution in [0, 0.1) is 0 Å². The molecule has 0 amide bonds. The Labute approximate surface area is 129 Å². The second-order valence-electron chi connectivity index (χ2n) is 6.67. The third-order valence-corrected chi connectivity index (χ3v) is 4.95. The Hall–Kier alpha value is -1.06. The molecule has 0 radical (unpaired) electrons. The summed E-state index contributed by atoms with van der Waals surface area (Å²) in [7, 11) is 0. The highest BCUT2D eigenvalue weighted by atomic mass is 15.2. The molecule has 1 fully saturated rings. The van der Waals surface area contributed by atoms with E-state index < -0.39 is 0 Å². The van der Waals surface area contributed by atoms with Crippen LogP contribution in [0.15, 0.2) is 18.2 Å². The first-order valence-corrected chi connectivity index (χ1v) is 8.60. The highest BCUT2D eigenvalue weighted by Crippen LogP contribution is 2.29. The van der Waals surface area contributed by atoms with Crippen LogP contribution >= 0.6 is 0 Å². The van der Waals surface area contributed by atoms with E-state index >= 15 is 0 Å². The standard InChI is InChI=1S/C18H29N3/c1-15(19)16-7-8-18-17(14-16)6-4-12-21(18)13-5-11-20-9-2-3-10-20/h7-8,14-15H,2-6,9-13,19H2,1H3. The second-order valence-corrected chi connectivity index (χ2v) is 6.67. The van der Waals surface area contributed by atoms with Gasteiger partial charge in [0.15, 0.2) is 0 Å². The summed E-state index contributed by atoms with van der Waals surface area (Å²) in [5.74, 6) is 0. The Kier molecular flexibility index (Phi) is 4.81. The number of nitrogens with zero attached hydrogens (tertiary/aromatic N) is 2. The van der Waals surface area contributed by atoms with Crippen molar-refractivity contribution >= 4 is 5.69 Å². The minimum atomic E-state index is 0.140. The summed E-state index contributed by atoms with van der Waals surface area (Å²) in [6.07, 6.45) is 6.56. The molecule has 3 rings (SSSR count). The maximum atomic E-state index is 6.01. The molecule has 1 saturated heterocycles. The fraction of sp³-hybridized carbons (Fsp3) is 0.667. The number of fused-ring (bicyclic) bond motifs is 1. The van der Waals surface area contributed by atoms with Crippen molar-refractivity contribution in [1.82, 2.24) is 4.90 Å². The number of nitrogens with two attached hydrogens (primary N) is 1. The molecule has 1 aromatic carbocycles. The average Bonchev–Trinajstić information content (AvgIpc) is 3.00. The van der Waals surface area contributed by atoms with Crippen molar-refractivity contribution in [1.29, 1.82) is 0 Å². The molecule has 0 aliphatic carbocycles. The van der Waals surface area contributed by atoms with Crippen LogP contribution in [-0.4, -0.2) is 37.6 Å². The van der Waals surface area contributed by atoms with Crippen LogP contribution in [0.25, 0.3) is 0 Å². The maximum absolute atomic E-state index is 6.01. The van der Waals surface area contributed by atoms with E-state index in [-0.39, 0.29) is 6.04 Å². The normalized spacial score (nSPS) is 20.6. The Balaban J connectivity index is 1.60. The van der Waals surface area contributed by atoms with Gasteiger partial charge in [0.05, 0.1) is 0 Å². The van der Waals surface area contributed by atoms with Crippen molar-refractivity contribution < 1.29 is 0 Å². The third-order valence-electron chi connectivity index (χ3n) is 4.95. The van der Waals surface area contributed by atoms with Crippen LogP contribution < -0.4 is 10.6 Å². The predicted octanol–water partition coefficient (Wildman–Crippen LogP) is 2.94. The van der Waals surface area contributed by atoms with Gasteiger partial charge in [0.2, 0.25) is 0 Å². The molecule has 116 valence electrons. The smallest absolute Gasteiger partial charge is 0.0398 e. The number of hydrogen-bond acceptors (Lipinski definition) is 3.